The molecule has 2 aromatic heterocycles. The van der Waals surface area contributed by atoms with Gasteiger partial charge in [0, 0.05) is 23.0 Å². The molecule has 0 fully saturated rings. The Balaban J connectivity index is 2.31. The second-order valence-corrected chi connectivity index (χ2v) is 4.15. The summed E-state index contributed by atoms with van der Waals surface area (Å²) in [7, 11) is 0. The highest BCUT2D eigenvalue weighted by molar-refractivity contribution is 7.09. The fourth-order valence-corrected chi connectivity index (χ4v) is 2.07. The molecule has 0 aromatic carbocycles. The first-order valence-electron chi connectivity index (χ1n) is 4.58. The van der Waals surface area contributed by atoms with Gasteiger partial charge in [0.25, 0.3) is 0 Å². The molecule has 0 spiro atoms. The van der Waals surface area contributed by atoms with Crippen molar-refractivity contribution in [1.82, 2.24) is 15.4 Å². The molecule has 1 unspecified atom stereocenters. The fraction of sp³-hybridized carbons (Fsp3) is 0.200. The Bertz CT molecular complexity index is 409. The van der Waals surface area contributed by atoms with Crippen molar-refractivity contribution in [2.75, 3.05) is 0 Å². The first-order valence-corrected chi connectivity index (χ1v) is 5.46. The number of aryl methyl sites for hydroxylation is 1. The van der Waals surface area contributed by atoms with Gasteiger partial charge in [-0.15, -0.1) is 11.3 Å². The number of thiazole rings is 1. The number of hydrogen-bond donors (Lipinski definition) is 2. The Morgan fingerprint density at radius 3 is 2.80 bits per heavy atom. The molecule has 5 heteroatoms. The van der Waals surface area contributed by atoms with Gasteiger partial charge < -0.3 is 0 Å². The number of aromatic nitrogens is 2. The molecule has 0 aliphatic heterocycles. The van der Waals surface area contributed by atoms with Crippen LogP contribution in [0.5, 0.6) is 0 Å². The highest BCUT2D eigenvalue weighted by atomic mass is 32.1. The van der Waals surface area contributed by atoms with Crippen molar-refractivity contribution in [3.05, 3.63) is 46.2 Å². The molecular formula is C10H12N4S. The molecule has 0 radical (unpaired) electrons. The van der Waals surface area contributed by atoms with E-state index in [4.69, 9.17) is 5.84 Å². The quantitative estimate of drug-likeness (QED) is 0.606. The topological polar surface area (TPSA) is 63.8 Å². The number of rotatable bonds is 3. The molecule has 0 amide bonds. The van der Waals surface area contributed by atoms with Crippen LogP contribution in [-0.2, 0) is 0 Å². The van der Waals surface area contributed by atoms with Crippen molar-refractivity contribution in [3.8, 4) is 0 Å². The van der Waals surface area contributed by atoms with Gasteiger partial charge in [0.05, 0.1) is 11.6 Å². The summed E-state index contributed by atoms with van der Waals surface area (Å²) >= 11 is 1.57. The minimum atomic E-state index is -0.0226. The third kappa shape index (κ3) is 2.20. The largest absolute Gasteiger partial charge is 0.271 e. The number of nitrogens with zero attached hydrogens (tertiary/aromatic N) is 2. The Labute approximate surface area is 92.2 Å². The number of hydrogen-bond acceptors (Lipinski definition) is 5. The van der Waals surface area contributed by atoms with Gasteiger partial charge in [-0.25, -0.2) is 5.43 Å². The number of nitrogens with two attached hydrogens (primary N) is 1. The summed E-state index contributed by atoms with van der Waals surface area (Å²) < 4.78 is 0. The highest BCUT2D eigenvalue weighted by Gasteiger charge is 2.13. The molecule has 2 aromatic rings. The molecule has 1 atom stereocenters. The molecule has 3 N–H and O–H groups in total. The van der Waals surface area contributed by atoms with E-state index in [0.717, 1.165) is 16.1 Å². The lowest BCUT2D eigenvalue weighted by Crippen LogP contribution is -2.28. The summed E-state index contributed by atoms with van der Waals surface area (Å²) in [6.45, 7) is 1.96. The first kappa shape index (κ1) is 10.2. The van der Waals surface area contributed by atoms with Gasteiger partial charge in [0.1, 0.15) is 0 Å². The van der Waals surface area contributed by atoms with Crippen LogP contribution in [0.15, 0.2) is 30.0 Å². The van der Waals surface area contributed by atoms with Crippen LogP contribution in [0.1, 0.15) is 22.2 Å². The normalized spacial score (nSPS) is 12.7. The fourth-order valence-electron chi connectivity index (χ4n) is 1.36. The van der Waals surface area contributed by atoms with Crippen LogP contribution in [0, 0.1) is 6.92 Å². The monoisotopic (exact) mass is 220 g/mol. The van der Waals surface area contributed by atoms with E-state index in [1.54, 1.807) is 16.8 Å². The van der Waals surface area contributed by atoms with Crippen LogP contribution in [0.3, 0.4) is 0 Å². The molecular weight excluding hydrogens is 208 g/mol. The zero-order chi connectivity index (χ0) is 10.7. The summed E-state index contributed by atoms with van der Waals surface area (Å²) in [5.41, 5.74) is 6.61. The predicted octanol–water partition coefficient (Wildman–Crippen LogP) is 1.40. The van der Waals surface area contributed by atoms with Crippen molar-refractivity contribution in [3.63, 3.8) is 0 Å². The summed E-state index contributed by atoms with van der Waals surface area (Å²) in [5, 5.41) is 0. The van der Waals surface area contributed by atoms with E-state index in [0.29, 0.717) is 0 Å². The second-order valence-electron chi connectivity index (χ2n) is 3.24. The maximum absolute atomic E-state index is 5.54. The average Bonchev–Trinajstić information content (AvgIpc) is 2.75. The summed E-state index contributed by atoms with van der Waals surface area (Å²) in [5.74, 6) is 5.54. The number of pyridine rings is 1. The minimum absolute atomic E-state index is 0.0226. The van der Waals surface area contributed by atoms with Crippen molar-refractivity contribution >= 4 is 11.3 Å². The van der Waals surface area contributed by atoms with E-state index in [1.165, 1.54) is 0 Å². The van der Waals surface area contributed by atoms with Crippen molar-refractivity contribution in [2.24, 2.45) is 5.84 Å². The molecule has 2 rings (SSSR count). The van der Waals surface area contributed by atoms with E-state index >= 15 is 0 Å². The van der Waals surface area contributed by atoms with Gasteiger partial charge in [-0.1, -0.05) is 6.07 Å². The summed E-state index contributed by atoms with van der Waals surface area (Å²) in [4.78, 5) is 9.37. The molecule has 4 nitrogen and oxygen atoms in total. The van der Waals surface area contributed by atoms with Crippen molar-refractivity contribution < 1.29 is 0 Å². The lowest BCUT2D eigenvalue weighted by Gasteiger charge is -2.13. The lowest BCUT2D eigenvalue weighted by molar-refractivity contribution is 0.643. The van der Waals surface area contributed by atoms with Crippen molar-refractivity contribution in [1.29, 1.82) is 0 Å². The van der Waals surface area contributed by atoms with E-state index in [1.807, 2.05) is 31.5 Å². The van der Waals surface area contributed by atoms with E-state index in [2.05, 4.69) is 15.4 Å². The van der Waals surface area contributed by atoms with Crippen LogP contribution in [0.4, 0.5) is 0 Å². The van der Waals surface area contributed by atoms with Crippen molar-refractivity contribution in [2.45, 2.75) is 13.0 Å². The van der Waals surface area contributed by atoms with Gasteiger partial charge in [0.2, 0.25) is 0 Å². The van der Waals surface area contributed by atoms with Gasteiger partial charge >= 0.3 is 0 Å². The first-order chi connectivity index (χ1) is 7.31. The van der Waals surface area contributed by atoms with Gasteiger partial charge in [-0.3, -0.25) is 15.8 Å². The van der Waals surface area contributed by atoms with E-state index in [-0.39, 0.29) is 6.04 Å². The van der Waals surface area contributed by atoms with Gasteiger partial charge in [0.15, 0.2) is 0 Å². The highest BCUT2D eigenvalue weighted by Crippen LogP contribution is 2.23. The number of nitrogens with one attached hydrogen (secondary N) is 1. The molecule has 0 aliphatic rings. The maximum Gasteiger partial charge on any atom is 0.0833 e. The Morgan fingerprint density at radius 1 is 1.40 bits per heavy atom. The molecule has 0 aliphatic carbocycles. The Kier molecular flexibility index (Phi) is 3.05. The Hall–Kier alpha value is -1.30. The Morgan fingerprint density at radius 2 is 2.27 bits per heavy atom. The van der Waals surface area contributed by atoms with Crippen LogP contribution in [-0.4, -0.2) is 9.97 Å². The smallest absolute Gasteiger partial charge is 0.0833 e. The standard InChI is InChI=1S/C10H12N4S/c1-7-2-3-8(4-13-7)10(14-11)9-5-12-6-15-9/h2-6,10,14H,11H2,1H3. The molecule has 0 saturated heterocycles. The summed E-state index contributed by atoms with van der Waals surface area (Å²) in [6, 6.07) is 3.97. The van der Waals surface area contributed by atoms with E-state index < -0.39 is 0 Å². The zero-order valence-electron chi connectivity index (χ0n) is 8.34. The average molecular weight is 220 g/mol. The van der Waals surface area contributed by atoms with Crippen LogP contribution in [0.25, 0.3) is 0 Å². The van der Waals surface area contributed by atoms with Crippen LogP contribution >= 0.6 is 11.3 Å². The van der Waals surface area contributed by atoms with Gasteiger partial charge in [-0.2, -0.15) is 0 Å². The zero-order valence-corrected chi connectivity index (χ0v) is 9.16. The van der Waals surface area contributed by atoms with Crippen LogP contribution < -0.4 is 11.3 Å². The predicted molar refractivity (Wildman–Crippen MR) is 60.3 cm³/mol. The van der Waals surface area contributed by atoms with Gasteiger partial charge in [-0.05, 0) is 18.6 Å². The third-order valence-corrected chi connectivity index (χ3v) is 3.01. The molecule has 0 bridgehead atoms. The SMILES string of the molecule is Cc1ccc(C(NN)c2cncs2)cn1. The molecule has 0 saturated carbocycles. The maximum atomic E-state index is 5.54. The second kappa shape index (κ2) is 4.48. The molecule has 15 heavy (non-hydrogen) atoms. The van der Waals surface area contributed by atoms with E-state index in [9.17, 15) is 0 Å². The summed E-state index contributed by atoms with van der Waals surface area (Å²) in [6.07, 6.45) is 3.65. The molecule has 78 valence electrons. The lowest BCUT2D eigenvalue weighted by atomic mass is 10.1. The molecule has 2 heterocycles. The minimum Gasteiger partial charge on any atom is -0.271 e. The van der Waals surface area contributed by atoms with Crippen LogP contribution in [0.2, 0.25) is 0 Å². The third-order valence-electron chi connectivity index (χ3n) is 2.17. The number of hydrazine groups is 1.